The van der Waals surface area contributed by atoms with Crippen LogP contribution in [0.2, 0.25) is 5.15 Å². The molecule has 4 aromatic carbocycles. The molecule has 0 saturated heterocycles. The van der Waals surface area contributed by atoms with E-state index in [1.54, 1.807) is 0 Å². The van der Waals surface area contributed by atoms with Crippen LogP contribution in [0.15, 0.2) is 121 Å². The molecule has 0 aliphatic heterocycles. The summed E-state index contributed by atoms with van der Waals surface area (Å²) in [6.07, 6.45) is 1.83. The summed E-state index contributed by atoms with van der Waals surface area (Å²) in [4.78, 5) is 11.8. The Morgan fingerprint density at radius 2 is 1.25 bits per heavy atom. The number of anilines is 3. The number of aromatic nitrogens is 2. The minimum Gasteiger partial charge on any atom is -0.294 e. The van der Waals surface area contributed by atoms with E-state index in [9.17, 15) is 0 Å². The Kier molecular flexibility index (Phi) is 7.77. The van der Waals surface area contributed by atoms with Gasteiger partial charge in [-0.2, -0.15) is 0 Å². The number of halogens is 1. The van der Waals surface area contributed by atoms with Crippen molar-refractivity contribution in [2.24, 2.45) is 0 Å². The Hall–Kier alpha value is -4.47. The van der Waals surface area contributed by atoms with Gasteiger partial charge in [0.25, 0.3) is 0 Å². The first-order chi connectivity index (χ1) is 21.0. The molecule has 0 amide bonds. The lowest BCUT2D eigenvalue weighted by molar-refractivity contribution is 0.569. The Morgan fingerprint density at radius 3 is 1.95 bits per heavy atom. The van der Waals surface area contributed by atoms with Crippen molar-refractivity contribution in [3.05, 3.63) is 138 Å². The van der Waals surface area contributed by atoms with Gasteiger partial charge in [0.2, 0.25) is 0 Å². The molecule has 44 heavy (non-hydrogen) atoms. The van der Waals surface area contributed by atoms with Gasteiger partial charge in [-0.1, -0.05) is 126 Å². The zero-order chi connectivity index (χ0) is 31.1. The Bertz CT molecular complexity index is 1910. The number of nitrogens with zero attached hydrogens (tertiary/aromatic N) is 3. The molecule has 4 heteroatoms. The fourth-order valence-corrected chi connectivity index (χ4v) is 5.77. The number of benzene rings is 4. The summed E-state index contributed by atoms with van der Waals surface area (Å²) in [5, 5.41) is 2.80. The summed E-state index contributed by atoms with van der Waals surface area (Å²) in [7, 11) is 0. The maximum Gasteiger partial charge on any atom is 0.137 e. The van der Waals surface area contributed by atoms with Crippen molar-refractivity contribution in [3.63, 3.8) is 0 Å². The van der Waals surface area contributed by atoms with E-state index in [-0.39, 0.29) is 10.8 Å². The lowest BCUT2D eigenvalue weighted by Gasteiger charge is -2.26. The van der Waals surface area contributed by atoms with Gasteiger partial charge in [0.1, 0.15) is 11.0 Å². The van der Waals surface area contributed by atoms with E-state index >= 15 is 0 Å². The van der Waals surface area contributed by atoms with Crippen molar-refractivity contribution < 1.29 is 0 Å². The normalized spacial score (nSPS) is 12.0. The Morgan fingerprint density at radius 1 is 0.591 bits per heavy atom. The van der Waals surface area contributed by atoms with Crippen molar-refractivity contribution in [1.29, 1.82) is 0 Å². The zero-order valence-corrected chi connectivity index (χ0v) is 27.0. The molecule has 0 saturated carbocycles. The molecule has 0 aliphatic rings. The first-order valence-corrected chi connectivity index (χ1v) is 15.5. The molecule has 0 unspecified atom stereocenters. The molecule has 2 heterocycles. The largest absolute Gasteiger partial charge is 0.294 e. The van der Waals surface area contributed by atoms with E-state index in [4.69, 9.17) is 21.6 Å². The SMILES string of the molecule is CC(C)(C)c1cc(-c2cc(Cl)nc(-c3cccc(N(c4ccccn4)c4cccc5ccccc45)c3)c2)cc(C(C)(C)C)c1. The number of hydrogen-bond donors (Lipinski definition) is 0. The van der Waals surface area contributed by atoms with Gasteiger partial charge in [-0.15, -0.1) is 0 Å². The van der Waals surface area contributed by atoms with Gasteiger partial charge >= 0.3 is 0 Å². The lowest BCUT2D eigenvalue weighted by Crippen LogP contribution is -2.16. The van der Waals surface area contributed by atoms with Crippen molar-refractivity contribution in [2.75, 3.05) is 4.90 Å². The monoisotopic (exact) mass is 595 g/mol. The fourth-order valence-electron chi connectivity index (χ4n) is 5.56. The average molecular weight is 596 g/mol. The minimum absolute atomic E-state index is 0.0144. The van der Waals surface area contributed by atoms with Crippen LogP contribution in [0.5, 0.6) is 0 Å². The van der Waals surface area contributed by atoms with Crippen molar-refractivity contribution in [3.8, 4) is 22.4 Å². The van der Waals surface area contributed by atoms with E-state index in [1.807, 2.05) is 30.5 Å². The molecule has 6 rings (SSSR count). The van der Waals surface area contributed by atoms with E-state index < -0.39 is 0 Å². The molecule has 0 fully saturated rings. The second-order valence-electron chi connectivity index (χ2n) is 13.4. The molecule has 0 N–H and O–H groups in total. The molecule has 2 aromatic heterocycles. The smallest absolute Gasteiger partial charge is 0.137 e. The highest BCUT2D eigenvalue weighted by atomic mass is 35.5. The van der Waals surface area contributed by atoms with Crippen molar-refractivity contribution in [2.45, 2.75) is 52.4 Å². The highest BCUT2D eigenvalue weighted by Gasteiger charge is 2.22. The van der Waals surface area contributed by atoms with Crippen molar-refractivity contribution >= 4 is 39.6 Å². The van der Waals surface area contributed by atoms with Crippen LogP contribution in [0.4, 0.5) is 17.2 Å². The minimum atomic E-state index is 0.0144. The molecular weight excluding hydrogens is 558 g/mol. The molecule has 0 atom stereocenters. The third-order valence-electron chi connectivity index (χ3n) is 8.08. The summed E-state index contributed by atoms with van der Waals surface area (Å²) in [5.41, 5.74) is 8.70. The van der Waals surface area contributed by atoms with Gasteiger partial charge < -0.3 is 0 Å². The second kappa shape index (κ2) is 11.6. The number of pyridine rings is 2. The van der Waals surface area contributed by atoms with Gasteiger partial charge in [-0.05, 0) is 80.9 Å². The van der Waals surface area contributed by atoms with Crippen LogP contribution in [0.3, 0.4) is 0 Å². The van der Waals surface area contributed by atoms with Crippen LogP contribution in [-0.4, -0.2) is 9.97 Å². The Labute approximate surface area is 266 Å². The van der Waals surface area contributed by atoms with Crippen LogP contribution in [-0.2, 0) is 10.8 Å². The van der Waals surface area contributed by atoms with E-state index in [2.05, 4.69) is 137 Å². The quantitative estimate of drug-likeness (QED) is 0.186. The summed E-state index contributed by atoms with van der Waals surface area (Å²) in [5.74, 6) is 0.842. The first kappa shape index (κ1) is 29.6. The number of rotatable bonds is 5. The third kappa shape index (κ3) is 6.11. The molecular formula is C40H38ClN3. The summed E-state index contributed by atoms with van der Waals surface area (Å²) in [6, 6.07) is 40.4. The van der Waals surface area contributed by atoms with Crippen LogP contribution < -0.4 is 4.90 Å². The molecule has 0 spiro atoms. The third-order valence-corrected chi connectivity index (χ3v) is 8.27. The van der Waals surface area contributed by atoms with E-state index in [0.717, 1.165) is 45.0 Å². The highest BCUT2D eigenvalue weighted by Crippen LogP contribution is 2.40. The van der Waals surface area contributed by atoms with Crippen LogP contribution in [0.1, 0.15) is 52.7 Å². The predicted molar refractivity (Wildman–Crippen MR) is 188 cm³/mol. The fraction of sp³-hybridized carbons (Fsp3) is 0.200. The first-order valence-electron chi connectivity index (χ1n) is 15.1. The molecule has 220 valence electrons. The van der Waals surface area contributed by atoms with Gasteiger partial charge in [-0.25, -0.2) is 9.97 Å². The molecule has 0 radical (unpaired) electrons. The molecule has 3 nitrogen and oxygen atoms in total. The highest BCUT2D eigenvalue weighted by molar-refractivity contribution is 6.29. The summed E-state index contributed by atoms with van der Waals surface area (Å²) in [6.45, 7) is 13.6. The number of hydrogen-bond acceptors (Lipinski definition) is 3. The summed E-state index contributed by atoms with van der Waals surface area (Å²) >= 11 is 6.74. The molecule has 0 aliphatic carbocycles. The lowest BCUT2D eigenvalue weighted by atomic mass is 9.79. The maximum absolute atomic E-state index is 6.74. The topological polar surface area (TPSA) is 29.0 Å². The van der Waals surface area contributed by atoms with Crippen molar-refractivity contribution in [1.82, 2.24) is 9.97 Å². The van der Waals surface area contributed by atoms with Gasteiger partial charge in [-0.3, -0.25) is 4.90 Å². The maximum atomic E-state index is 6.74. The van der Waals surface area contributed by atoms with Gasteiger partial charge in [0.05, 0.1) is 11.4 Å². The van der Waals surface area contributed by atoms with E-state index in [1.165, 1.54) is 16.5 Å². The second-order valence-corrected chi connectivity index (χ2v) is 13.8. The predicted octanol–water partition coefficient (Wildman–Crippen LogP) is 11.7. The van der Waals surface area contributed by atoms with Crippen LogP contribution in [0, 0.1) is 0 Å². The molecule has 6 aromatic rings. The summed E-state index contributed by atoms with van der Waals surface area (Å²) < 4.78 is 0. The Balaban J connectivity index is 1.49. The van der Waals surface area contributed by atoms with E-state index in [0.29, 0.717) is 5.15 Å². The standard InChI is InChI=1S/C40H38ClN3/c1-39(2,3)31-21-29(22-32(26-31)40(4,5)6)30-24-35(43-37(41)25-30)28-15-11-16-33(23-28)44(38-19-9-10-20-42-38)36-18-12-14-27-13-7-8-17-34(27)36/h7-26H,1-6H3. The zero-order valence-electron chi connectivity index (χ0n) is 26.3. The van der Waals surface area contributed by atoms with Crippen LogP contribution >= 0.6 is 11.6 Å². The molecule has 0 bridgehead atoms. The van der Waals surface area contributed by atoms with Crippen LogP contribution in [0.25, 0.3) is 33.2 Å². The average Bonchev–Trinajstić information content (AvgIpc) is 3.01. The van der Waals surface area contributed by atoms with Gasteiger partial charge in [0, 0.05) is 22.8 Å². The number of fused-ring (bicyclic) bond motifs is 1. The van der Waals surface area contributed by atoms with Gasteiger partial charge in [0.15, 0.2) is 0 Å².